The Morgan fingerprint density at radius 2 is 1.81 bits per heavy atom. The average molecular weight is 392 g/mol. The first kappa shape index (κ1) is 20.4. The fraction of sp³-hybridized carbons (Fsp3) is 0.222. The fourth-order valence-corrected chi connectivity index (χ4v) is 3.26. The van der Waals surface area contributed by atoms with E-state index < -0.39 is 28.5 Å². The summed E-state index contributed by atoms with van der Waals surface area (Å²) < 4.78 is 36.3. The summed E-state index contributed by atoms with van der Waals surface area (Å²) in [5.41, 5.74) is 0.525. The summed E-state index contributed by atoms with van der Waals surface area (Å²) in [6, 6.07) is 12.1. The monoisotopic (exact) mass is 392 g/mol. The van der Waals surface area contributed by atoms with Gasteiger partial charge >= 0.3 is 5.97 Å². The summed E-state index contributed by atoms with van der Waals surface area (Å²) in [6.45, 7) is 1.36. The zero-order valence-electron chi connectivity index (χ0n) is 14.9. The van der Waals surface area contributed by atoms with Crippen LogP contribution in [0.5, 0.6) is 5.75 Å². The molecule has 9 heteroatoms. The van der Waals surface area contributed by atoms with Crippen molar-refractivity contribution in [1.82, 2.24) is 4.72 Å². The van der Waals surface area contributed by atoms with E-state index in [1.54, 1.807) is 31.2 Å². The molecule has 0 aliphatic heterocycles. The van der Waals surface area contributed by atoms with Crippen molar-refractivity contribution in [3.05, 3.63) is 54.1 Å². The van der Waals surface area contributed by atoms with Gasteiger partial charge < -0.3 is 14.8 Å². The van der Waals surface area contributed by atoms with E-state index in [0.29, 0.717) is 11.4 Å². The number of hydrogen-bond acceptors (Lipinski definition) is 6. The van der Waals surface area contributed by atoms with Gasteiger partial charge in [-0.2, -0.15) is 0 Å². The highest BCUT2D eigenvalue weighted by atomic mass is 32.2. The lowest BCUT2D eigenvalue weighted by Gasteiger charge is -2.09. The van der Waals surface area contributed by atoms with Gasteiger partial charge in [-0.25, -0.2) is 17.9 Å². The van der Waals surface area contributed by atoms with Crippen LogP contribution in [0.2, 0.25) is 0 Å². The average Bonchev–Trinajstić information content (AvgIpc) is 2.66. The van der Waals surface area contributed by atoms with Crippen LogP contribution in [-0.2, 0) is 19.6 Å². The van der Waals surface area contributed by atoms with Crippen molar-refractivity contribution in [3.8, 4) is 5.75 Å². The van der Waals surface area contributed by atoms with Crippen LogP contribution in [0.25, 0.3) is 0 Å². The highest BCUT2D eigenvalue weighted by Crippen LogP contribution is 2.16. The summed E-state index contributed by atoms with van der Waals surface area (Å²) in [7, 11) is -2.19. The number of carbonyl (C=O) groups excluding carboxylic acids is 2. The van der Waals surface area contributed by atoms with Crippen LogP contribution in [0.1, 0.15) is 17.3 Å². The second-order valence-corrected chi connectivity index (χ2v) is 7.15. The minimum atomic E-state index is -3.69. The lowest BCUT2D eigenvalue weighted by atomic mass is 10.2. The number of hydrogen-bond donors (Lipinski definition) is 2. The van der Waals surface area contributed by atoms with Gasteiger partial charge in [-0.3, -0.25) is 4.79 Å². The van der Waals surface area contributed by atoms with Crippen molar-refractivity contribution in [3.63, 3.8) is 0 Å². The Kier molecular flexibility index (Phi) is 6.91. The zero-order chi connectivity index (χ0) is 19.9. The standard InChI is InChI=1S/C18H20N2O6S/c1-3-19-27(23,24)16-9-4-6-13(10-16)18(22)26-12-17(21)20-14-7-5-8-15(11-14)25-2/h4-11,19H,3,12H2,1-2H3,(H,20,21). The number of benzene rings is 2. The molecule has 0 saturated carbocycles. The van der Waals surface area contributed by atoms with Gasteiger partial charge in [-0.1, -0.05) is 19.1 Å². The first-order valence-corrected chi connectivity index (χ1v) is 9.55. The van der Waals surface area contributed by atoms with Crippen LogP contribution >= 0.6 is 0 Å². The number of ether oxygens (including phenoxy) is 2. The molecule has 2 aromatic carbocycles. The van der Waals surface area contributed by atoms with E-state index in [-0.39, 0.29) is 17.0 Å². The van der Waals surface area contributed by atoms with Crippen LogP contribution < -0.4 is 14.8 Å². The lowest BCUT2D eigenvalue weighted by Crippen LogP contribution is -2.24. The number of anilines is 1. The molecule has 144 valence electrons. The third-order valence-electron chi connectivity index (χ3n) is 3.40. The second kappa shape index (κ2) is 9.15. The predicted octanol–water partition coefficient (Wildman–Crippen LogP) is 1.79. The van der Waals surface area contributed by atoms with Gasteiger partial charge in [0, 0.05) is 18.3 Å². The molecule has 0 unspecified atom stereocenters. The molecule has 8 nitrogen and oxygen atoms in total. The van der Waals surface area contributed by atoms with Crippen molar-refractivity contribution < 1.29 is 27.5 Å². The fourth-order valence-electron chi connectivity index (χ4n) is 2.18. The predicted molar refractivity (Wildman–Crippen MR) is 99.2 cm³/mol. The van der Waals surface area contributed by atoms with Gasteiger partial charge in [-0.15, -0.1) is 0 Å². The number of esters is 1. The van der Waals surface area contributed by atoms with Crippen molar-refractivity contribution >= 4 is 27.6 Å². The molecule has 0 bridgehead atoms. The van der Waals surface area contributed by atoms with E-state index >= 15 is 0 Å². The normalized spacial score (nSPS) is 10.9. The molecule has 0 radical (unpaired) electrons. The zero-order valence-corrected chi connectivity index (χ0v) is 15.7. The first-order chi connectivity index (χ1) is 12.9. The van der Waals surface area contributed by atoms with E-state index in [1.807, 2.05) is 0 Å². The molecular formula is C18H20N2O6S. The van der Waals surface area contributed by atoms with Crippen LogP contribution in [0.4, 0.5) is 5.69 Å². The molecule has 0 saturated heterocycles. The maximum Gasteiger partial charge on any atom is 0.338 e. The highest BCUT2D eigenvalue weighted by molar-refractivity contribution is 7.89. The second-order valence-electron chi connectivity index (χ2n) is 5.39. The third-order valence-corrected chi connectivity index (χ3v) is 4.95. The number of methoxy groups -OCH3 is 1. The van der Waals surface area contributed by atoms with Gasteiger partial charge in [0.25, 0.3) is 5.91 Å². The summed E-state index contributed by atoms with van der Waals surface area (Å²) in [4.78, 5) is 24.0. The Morgan fingerprint density at radius 3 is 2.52 bits per heavy atom. The summed E-state index contributed by atoms with van der Waals surface area (Å²) in [5, 5.41) is 2.57. The molecule has 1 amide bonds. The number of rotatable bonds is 8. The molecule has 2 aromatic rings. The van der Waals surface area contributed by atoms with E-state index in [4.69, 9.17) is 9.47 Å². The molecule has 0 atom stereocenters. The van der Waals surface area contributed by atoms with Gasteiger partial charge in [0.15, 0.2) is 6.61 Å². The number of carbonyl (C=O) groups is 2. The van der Waals surface area contributed by atoms with E-state index in [1.165, 1.54) is 31.4 Å². The van der Waals surface area contributed by atoms with Crippen LogP contribution in [0.15, 0.2) is 53.4 Å². The maximum atomic E-state index is 12.1. The molecule has 2 N–H and O–H groups in total. The maximum absolute atomic E-state index is 12.1. The van der Waals surface area contributed by atoms with Crippen molar-refractivity contribution in [2.24, 2.45) is 0 Å². The van der Waals surface area contributed by atoms with Gasteiger partial charge in [0.2, 0.25) is 10.0 Å². The number of sulfonamides is 1. The van der Waals surface area contributed by atoms with Crippen LogP contribution in [-0.4, -0.2) is 40.6 Å². The quantitative estimate of drug-likeness (QED) is 0.663. The minimum Gasteiger partial charge on any atom is -0.497 e. The van der Waals surface area contributed by atoms with Crippen LogP contribution in [0, 0.1) is 0 Å². The third kappa shape index (κ3) is 5.80. The lowest BCUT2D eigenvalue weighted by molar-refractivity contribution is -0.119. The SMILES string of the molecule is CCNS(=O)(=O)c1cccc(C(=O)OCC(=O)Nc2cccc(OC)c2)c1. The molecule has 2 rings (SSSR count). The van der Waals surface area contributed by atoms with Gasteiger partial charge in [-0.05, 0) is 30.3 Å². The molecule has 0 aliphatic carbocycles. The Hall–Kier alpha value is -2.91. The van der Waals surface area contributed by atoms with E-state index in [2.05, 4.69) is 10.0 Å². The Balaban J connectivity index is 1.98. The van der Waals surface area contributed by atoms with Gasteiger partial charge in [0.1, 0.15) is 5.75 Å². The smallest absolute Gasteiger partial charge is 0.338 e. The summed E-state index contributed by atoms with van der Waals surface area (Å²) >= 11 is 0. The molecule has 0 spiro atoms. The molecule has 0 fully saturated rings. The first-order valence-electron chi connectivity index (χ1n) is 8.06. The van der Waals surface area contributed by atoms with Crippen molar-refractivity contribution in [1.29, 1.82) is 0 Å². The molecule has 27 heavy (non-hydrogen) atoms. The van der Waals surface area contributed by atoms with Crippen molar-refractivity contribution in [2.75, 3.05) is 25.6 Å². The van der Waals surface area contributed by atoms with Crippen LogP contribution in [0.3, 0.4) is 0 Å². The molecule has 0 aliphatic rings. The molecular weight excluding hydrogens is 372 g/mol. The van der Waals surface area contributed by atoms with E-state index in [9.17, 15) is 18.0 Å². The molecule has 0 aromatic heterocycles. The minimum absolute atomic E-state index is 0.0307. The largest absolute Gasteiger partial charge is 0.497 e. The Morgan fingerprint density at radius 1 is 1.07 bits per heavy atom. The summed E-state index contributed by atoms with van der Waals surface area (Å²) in [6.07, 6.45) is 0. The Labute approximate surface area is 157 Å². The summed E-state index contributed by atoms with van der Waals surface area (Å²) in [5.74, 6) is -0.763. The van der Waals surface area contributed by atoms with Crippen molar-refractivity contribution in [2.45, 2.75) is 11.8 Å². The van der Waals surface area contributed by atoms with E-state index in [0.717, 1.165) is 0 Å². The van der Waals surface area contributed by atoms with Gasteiger partial charge in [0.05, 0.1) is 17.6 Å². The highest BCUT2D eigenvalue weighted by Gasteiger charge is 2.16. The number of nitrogens with one attached hydrogen (secondary N) is 2. The topological polar surface area (TPSA) is 111 Å². The Bertz CT molecular complexity index is 927. The number of amides is 1. The molecule has 0 heterocycles.